The molecule has 0 saturated heterocycles. The number of carbonyl (C=O) groups excluding carboxylic acids is 2. The molecule has 370 valence electrons. The Morgan fingerprint density at radius 3 is 1.24 bits per heavy atom. The minimum Gasteiger partial charge on any atom is -0.466 e. The molecule has 1 amide bonds. The Hall–Kier alpha value is -1.92. The third kappa shape index (κ3) is 49.4. The van der Waals surface area contributed by atoms with Crippen LogP contribution in [-0.4, -0.2) is 47.4 Å². The van der Waals surface area contributed by atoms with Gasteiger partial charge in [0.15, 0.2) is 0 Å². The Kier molecular flexibility index (Phi) is 51.1. The topological polar surface area (TPSA) is 95.9 Å². The lowest BCUT2D eigenvalue weighted by atomic mass is 10.0. The van der Waals surface area contributed by atoms with E-state index in [9.17, 15) is 19.8 Å². The molecule has 6 nitrogen and oxygen atoms in total. The maximum atomic E-state index is 12.4. The Morgan fingerprint density at radius 2 is 0.794 bits per heavy atom. The van der Waals surface area contributed by atoms with Crippen molar-refractivity contribution in [1.29, 1.82) is 0 Å². The van der Waals surface area contributed by atoms with Crippen LogP contribution >= 0.6 is 0 Å². The third-order valence-corrected chi connectivity index (χ3v) is 12.7. The van der Waals surface area contributed by atoms with Crippen LogP contribution in [0.2, 0.25) is 0 Å². The van der Waals surface area contributed by atoms with Crippen molar-refractivity contribution in [2.24, 2.45) is 0 Å². The molecule has 0 aromatic rings. The number of ether oxygens (including phenoxy) is 1. The standard InChI is InChI=1S/C57H107NO5/c1-3-5-7-9-11-13-15-17-23-27-31-35-39-43-47-51-57(62)63-52-48-44-40-36-32-28-25-22-20-18-19-21-24-26-30-34-38-42-46-50-56(61)58-54(53-59)55(60)49-45-41-37-33-29-16-14-12-10-8-6-4-2/h11,13,17,23,45,49,54-55,59-60H,3-10,12,14-16,18-22,24-44,46-48,50-53H2,1-2H3,(H,58,61)/b13-11-,23-17-,49-45+. The minimum atomic E-state index is -0.845. The highest BCUT2D eigenvalue weighted by Gasteiger charge is 2.18. The van der Waals surface area contributed by atoms with E-state index in [0.717, 1.165) is 51.4 Å². The van der Waals surface area contributed by atoms with Crippen LogP contribution < -0.4 is 5.32 Å². The van der Waals surface area contributed by atoms with E-state index in [-0.39, 0.29) is 18.5 Å². The first-order chi connectivity index (χ1) is 31.0. The number of aliphatic hydroxyl groups is 2. The van der Waals surface area contributed by atoms with Crippen molar-refractivity contribution in [2.75, 3.05) is 13.2 Å². The summed E-state index contributed by atoms with van der Waals surface area (Å²) in [6.45, 7) is 4.86. The molecule has 0 spiro atoms. The highest BCUT2D eigenvalue weighted by atomic mass is 16.5. The molecular weight excluding hydrogens is 779 g/mol. The van der Waals surface area contributed by atoms with Crippen molar-refractivity contribution in [3.63, 3.8) is 0 Å². The SMILES string of the molecule is CCCCC/C=C\C/C=C\CCCCCCCC(=O)OCCCCCCCCCCCCCCCCCCCCCC(=O)NC(CO)C(O)/C=C/CCCCCCCCCCCC. The molecule has 3 N–H and O–H groups in total. The highest BCUT2D eigenvalue weighted by Crippen LogP contribution is 2.16. The van der Waals surface area contributed by atoms with Crippen LogP contribution in [0.25, 0.3) is 0 Å². The highest BCUT2D eigenvalue weighted by molar-refractivity contribution is 5.76. The van der Waals surface area contributed by atoms with E-state index in [2.05, 4.69) is 43.5 Å². The van der Waals surface area contributed by atoms with Crippen LogP contribution in [0.15, 0.2) is 36.5 Å². The van der Waals surface area contributed by atoms with Gasteiger partial charge in [0, 0.05) is 12.8 Å². The van der Waals surface area contributed by atoms with E-state index >= 15 is 0 Å². The number of aliphatic hydroxyl groups excluding tert-OH is 2. The van der Waals surface area contributed by atoms with Crippen molar-refractivity contribution in [3.8, 4) is 0 Å². The average Bonchev–Trinajstić information content (AvgIpc) is 3.28. The summed E-state index contributed by atoms with van der Waals surface area (Å²) in [7, 11) is 0. The summed E-state index contributed by atoms with van der Waals surface area (Å²) in [6.07, 6.45) is 64.4. The molecule has 0 saturated carbocycles. The number of hydrogen-bond donors (Lipinski definition) is 3. The van der Waals surface area contributed by atoms with Gasteiger partial charge in [0.2, 0.25) is 5.91 Å². The number of esters is 1. The summed E-state index contributed by atoms with van der Waals surface area (Å²) in [5.41, 5.74) is 0. The normalized spacial score (nSPS) is 12.9. The third-order valence-electron chi connectivity index (χ3n) is 12.7. The fourth-order valence-corrected chi connectivity index (χ4v) is 8.37. The van der Waals surface area contributed by atoms with E-state index in [0.29, 0.717) is 19.4 Å². The average molecular weight is 886 g/mol. The fraction of sp³-hybridized carbons (Fsp3) is 0.860. The van der Waals surface area contributed by atoms with Gasteiger partial charge in [0.05, 0.1) is 25.4 Å². The van der Waals surface area contributed by atoms with Crippen LogP contribution in [0.4, 0.5) is 0 Å². The fourth-order valence-electron chi connectivity index (χ4n) is 8.37. The van der Waals surface area contributed by atoms with Gasteiger partial charge in [-0.3, -0.25) is 9.59 Å². The molecule has 0 aromatic heterocycles. The summed E-state index contributed by atoms with van der Waals surface area (Å²) in [6, 6.07) is -0.629. The molecule has 6 heteroatoms. The number of carbonyl (C=O) groups is 2. The van der Waals surface area contributed by atoms with Crippen LogP contribution in [-0.2, 0) is 14.3 Å². The minimum absolute atomic E-state index is 0.00616. The van der Waals surface area contributed by atoms with Crippen molar-refractivity contribution in [1.82, 2.24) is 5.32 Å². The molecule has 2 atom stereocenters. The lowest BCUT2D eigenvalue weighted by Gasteiger charge is -2.20. The largest absolute Gasteiger partial charge is 0.466 e. The van der Waals surface area contributed by atoms with Gasteiger partial charge in [0.25, 0.3) is 0 Å². The van der Waals surface area contributed by atoms with Crippen LogP contribution in [0.5, 0.6) is 0 Å². The van der Waals surface area contributed by atoms with Gasteiger partial charge in [-0.1, -0.05) is 249 Å². The first-order valence-electron chi connectivity index (χ1n) is 27.8. The summed E-state index contributed by atoms with van der Waals surface area (Å²) in [4.78, 5) is 24.5. The maximum Gasteiger partial charge on any atom is 0.305 e. The Morgan fingerprint density at radius 1 is 0.444 bits per heavy atom. The van der Waals surface area contributed by atoms with Gasteiger partial charge in [0.1, 0.15) is 0 Å². The number of hydrogen-bond acceptors (Lipinski definition) is 5. The summed E-state index contributed by atoms with van der Waals surface area (Å²) in [5, 5.41) is 23.0. The second-order valence-electron chi connectivity index (χ2n) is 18.9. The molecule has 0 fully saturated rings. The maximum absolute atomic E-state index is 12.4. The van der Waals surface area contributed by atoms with Crippen molar-refractivity contribution >= 4 is 11.9 Å². The molecule has 0 aliphatic heterocycles. The summed E-state index contributed by atoms with van der Waals surface area (Å²) < 4.78 is 5.47. The molecule has 0 rings (SSSR count). The zero-order chi connectivity index (χ0) is 45.8. The molecule has 63 heavy (non-hydrogen) atoms. The monoisotopic (exact) mass is 886 g/mol. The van der Waals surface area contributed by atoms with Gasteiger partial charge in [-0.2, -0.15) is 0 Å². The number of unbranched alkanes of at least 4 members (excludes halogenated alkanes) is 36. The van der Waals surface area contributed by atoms with E-state index < -0.39 is 12.1 Å². The van der Waals surface area contributed by atoms with E-state index in [1.54, 1.807) is 6.08 Å². The number of allylic oxidation sites excluding steroid dienone is 5. The second kappa shape index (κ2) is 52.7. The second-order valence-corrected chi connectivity index (χ2v) is 18.9. The molecule has 0 radical (unpaired) electrons. The zero-order valence-electron chi connectivity index (χ0n) is 42.1. The lowest BCUT2D eigenvalue weighted by Crippen LogP contribution is -2.45. The molecule has 0 bridgehead atoms. The van der Waals surface area contributed by atoms with Crippen molar-refractivity contribution in [3.05, 3.63) is 36.5 Å². The van der Waals surface area contributed by atoms with Crippen molar-refractivity contribution in [2.45, 2.75) is 302 Å². The first kappa shape index (κ1) is 61.1. The number of rotatable bonds is 51. The first-order valence-corrected chi connectivity index (χ1v) is 27.8. The van der Waals surface area contributed by atoms with Crippen LogP contribution in [0.1, 0.15) is 290 Å². The van der Waals surface area contributed by atoms with Crippen LogP contribution in [0.3, 0.4) is 0 Å². The molecular formula is C57H107NO5. The van der Waals surface area contributed by atoms with Gasteiger partial charge in [-0.15, -0.1) is 0 Å². The summed E-state index contributed by atoms with van der Waals surface area (Å²) >= 11 is 0. The Labute approximate surface area is 392 Å². The van der Waals surface area contributed by atoms with Gasteiger partial charge in [-0.05, 0) is 64.2 Å². The summed E-state index contributed by atoms with van der Waals surface area (Å²) in [5.74, 6) is -0.0783. The van der Waals surface area contributed by atoms with Crippen molar-refractivity contribution < 1.29 is 24.5 Å². The molecule has 0 aliphatic carbocycles. The van der Waals surface area contributed by atoms with E-state index in [4.69, 9.17) is 4.74 Å². The van der Waals surface area contributed by atoms with Gasteiger partial charge < -0.3 is 20.3 Å². The molecule has 2 unspecified atom stereocenters. The van der Waals surface area contributed by atoms with Gasteiger partial charge in [-0.25, -0.2) is 0 Å². The Balaban J connectivity index is 3.42. The smallest absolute Gasteiger partial charge is 0.305 e. The predicted octanol–water partition coefficient (Wildman–Crippen LogP) is 16.9. The Bertz CT molecular complexity index is 1020. The molecule has 0 aromatic carbocycles. The predicted molar refractivity (Wildman–Crippen MR) is 273 cm³/mol. The quantitative estimate of drug-likeness (QED) is 0.0321. The number of nitrogens with one attached hydrogen (secondary N) is 1. The zero-order valence-corrected chi connectivity index (χ0v) is 42.1. The lowest BCUT2D eigenvalue weighted by molar-refractivity contribution is -0.143. The van der Waals surface area contributed by atoms with Crippen LogP contribution in [0, 0.1) is 0 Å². The van der Waals surface area contributed by atoms with Gasteiger partial charge >= 0.3 is 5.97 Å². The number of amides is 1. The van der Waals surface area contributed by atoms with E-state index in [1.807, 2.05) is 6.08 Å². The van der Waals surface area contributed by atoms with E-state index in [1.165, 1.54) is 212 Å². The molecule has 0 heterocycles. The molecule has 0 aliphatic rings.